The molecule has 0 spiro atoms. The van der Waals surface area contributed by atoms with Crippen molar-refractivity contribution in [2.45, 2.75) is 81.0 Å². The number of carboxylic acid groups (broad SMARTS) is 1. The normalized spacial score (nSPS) is 13.0. The zero-order valence-corrected chi connectivity index (χ0v) is 23.4. The van der Waals surface area contributed by atoms with E-state index in [9.17, 15) is 15.0 Å². The van der Waals surface area contributed by atoms with E-state index in [0.29, 0.717) is 29.6 Å². The summed E-state index contributed by atoms with van der Waals surface area (Å²) in [7, 11) is 1.41. The average Bonchev–Trinajstić information content (AvgIpc) is 2.88. The lowest BCUT2D eigenvalue weighted by Crippen LogP contribution is -2.28. The van der Waals surface area contributed by atoms with Crippen LogP contribution in [0.1, 0.15) is 79.8 Å². The van der Waals surface area contributed by atoms with Crippen LogP contribution in [0.2, 0.25) is 0 Å². The number of nitrogens with zero attached hydrogens (tertiary/aromatic N) is 1. The van der Waals surface area contributed by atoms with E-state index in [1.807, 2.05) is 24.3 Å². The Labute approximate surface area is 229 Å². The zero-order valence-electron chi connectivity index (χ0n) is 21.8. The summed E-state index contributed by atoms with van der Waals surface area (Å²) in [6, 6.07) is 15.5. The summed E-state index contributed by atoms with van der Waals surface area (Å²) >= 11 is 7.51. The number of pyridine rings is 1. The van der Waals surface area contributed by atoms with Gasteiger partial charge in [0.25, 0.3) is 0 Å². The molecule has 1 heterocycles. The van der Waals surface area contributed by atoms with Crippen LogP contribution in [0.3, 0.4) is 0 Å². The van der Waals surface area contributed by atoms with E-state index in [1.54, 1.807) is 6.07 Å². The molecule has 0 fully saturated rings. The number of carbonyl (C=O) groups is 1. The number of aromatic carboxylic acids is 1. The first-order valence-electron chi connectivity index (χ1n) is 13.2. The van der Waals surface area contributed by atoms with Crippen molar-refractivity contribution in [2.75, 3.05) is 13.0 Å². The van der Waals surface area contributed by atoms with E-state index < -0.39 is 10.9 Å². The van der Waals surface area contributed by atoms with Crippen molar-refractivity contribution in [2.24, 2.45) is 0 Å². The summed E-state index contributed by atoms with van der Waals surface area (Å²) in [4.78, 5) is 15.7. The number of hydrogen-bond acceptors (Lipinski definition) is 5. The molecule has 0 unspecified atom stereocenters. The second-order valence-electron chi connectivity index (χ2n) is 9.51. The Morgan fingerprint density at radius 2 is 1.73 bits per heavy atom. The molecule has 1 aromatic heterocycles. The van der Waals surface area contributed by atoms with E-state index in [-0.39, 0.29) is 11.4 Å². The molecule has 3 aromatic rings. The van der Waals surface area contributed by atoms with Gasteiger partial charge in [0.15, 0.2) is 0 Å². The van der Waals surface area contributed by atoms with E-state index in [4.69, 9.17) is 16.3 Å². The summed E-state index contributed by atoms with van der Waals surface area (Å²) < 4.78 is 5.19. The monoisotopic (exact) mass is 543 g/mol. The molecule has 0 saturated heterocycles. The van der Waals surface area contributed by atoms with Gasteiger partial charge < -0.3 is 14.9 Å². The van der Waals surface area contributed by atoms with E-state index >= 15 is 0 Å². The van der Waals surface area contributed by atoms with Crippen molar-refractivity contribution in [3.8, 4) is 5.88 Å². The third-order valence-electron chi connectivity index (χ3n) is 6.61. The molecule has 0 saturated carbocycles. The Hall–Kier alpha value is -2.28. The minimum absolute atomic E-state index is 0.0200. The van der Waals surface area contributed by atoms with Gasteiger partial charge in [-0.15, -0.1) is 11.6 Å². The third-order valence-corrected chi connectivity index (χ3v) is 8.01. The number of aliphatic hydroxyl groups is 1. The third kappa shape index (κ3) is 8.62. The van der Waals surface area contributed by atoms with Crippen LogP contribution < -0.4 is 4.74 Å². The topological polar surface area (TPSA) is 79.7 Å². The number of alkyl halides is 1. The smallest absolute Gasteiger partial charge is 0.341 e. The molecule has 3 rings (SSSR count). The van der Waals surface area contributed by atoms with Gasteiger partial charge in [-0.2, -0.15) is 0 Å². The van der Waals surface area contributed by atoms with Crippen LogP contribution in [0, 0.1) is 0 Å². The van der Waals surface area contributed by atoms with Crippen molar-refractivity contribution < 1.29 is 19.7 Å². The lowest BCUT2D eigenvalue weighted by atomic mass is 9.96. The predicted octanol–water partition coefficient (Wildman–Crippen LogP) is 7.89. The van der Waals surface area contributed by atoms with Gasteiger partial charge in [0, 0.05) is 22.6 Å². The molecule has 1 atom stereocenters. The van der Waals surface area contributed by atoms with Gasteiger partial charge in [-0.25, -0.2) is 9.78 Å². The van der Waals surface area contributed by atoms with Crippen molar-refractivity contribution >= 4 is 40.2 Å². The number of rotatable bonds is 16. The number of halogens is 1. The Bertz CT molecular complexity index is 1170. The molecule has 37 heavy (non-hydrogen) atoms. The number of hydrogen-bond donors (Lipinski definition) is 2. The largest absolute Gasteiger partial charge is 0.480 e. The maximum atomic E-state index is 11.7. The van der Waals surface area contributed by atoms with E-state index in [0.717, 1.165) is 23.3 Å². The number of thioether (sulfide) groups is 1. The number of methoxy groups -OCH3 is 1. The number of aryl methyl sites for hydroxylation is 1. The van der Waals surface area contributed by atoms with Crippen LogP contribution in [0.4, 0.5) is 0 Å². The molecule has 2 aromatic carbocycles. The van der Waals surface area contributed by atoms with Crippen molar-refractivity contribution in [3.63, 3.8) is 0 Å². The first-order valence-corrected chi connectivity index (χ1v) is 14.5. The second kappa shape index (κ2) is 14.6. The van der Waals surface area contributed by atoms with Crippen LogP contribution >= 0.6 is 23.4 Å². The highest BCUT2D eigenvalue weighted by Crippen LogP contribution is 2.39. The summed E-state index contributed by atoms with van der Waals surface area (Å²) in [6.07, 6.45) is 10.8. The van der Waals surface area contributed by atoms with Gasteiger partial charge >= 0.3 is 5.97 Å². The molecular weight excluding hydrogens is 506 g/mol. The number of unbranched alkanes of at least 4 members (excludes halogenated alkanes) is 6. The van der Waals surface area contributed by atoms with Crippen LogP contribution in [-0.2, 0) is 12.8 Å². The minimum atomic E-state index is -1.09. The van der Waals surface area contributed by atoms with Gasteiger partial charge in [0.05, 0.1) is 12.6 Å². The van der Waals surface area contributed by atoms with Gasteiger partial charge in [0.2, 0.25) is 5.88 Å². The summed E-state index contributed by atoms with van der Waals surface area (Å²) in [5.74, 6) is -0.681. The van der Waals surface area contributed by atoms with Crippen molar-refractivity contribution in [1.29, 1.82) is 0 Å². The second-order valence-corrected chi connectivity index (χ2v) is 11.3. The van der Waals surface area contributed by atoms with Gasteiger partial charge in [-0.05, 0) is 48.6 Å². The molecule has 5 nitrogen and oxygen atoms in total. The first-order chi connectivity index (χ1) is 17.9. The highest BCUT2D eigenvalue weighted by Gasteiger charge is 2.29. The number of ether oxygens (including phenoxy) is 1. The van der Waals surface area contributed by atoms with Gasteiger partial charge in [0.1, 0.15) is 10.5 Å². The highest BCUT2D eigenvalue weighted by atomic mass is 35.5. The number of carboxylic acids is 1. The lowest BCUT2D eigenvalue weighted by molar-refractivity contribution is 0.0692. The quantitative estimate of drug-likeness (QED) is 0.0827. The van der Waals surface area contributed by atoms with Crippen LogP contribution in [-0.4, -0.2) is 39.1 Å². The molecule has 200 valence electrons. The number of fused-ring (bicyclic) bond motifs is 1. The number of benzene rings is 2. The predicted molar refractivity (Wildman–Crippen MR) is 153 cm³/mol. The maximum absolute atomic E-state index is 11.7. The fourth-order valence-electron chi connectivity index (χ4n) is 4.59. The van der Waals surface area contributed by atoms with Gasteiger partial charge in [-0.1, -0.05) is 87.5 Å². The summed E-state index contributed by atoms with van der Waals surface area (Å²) in [5, 5.41) is 21.8. The molecular formula is C30H38ClNO4S. The first kappa shape index (κ1) is 29.3. The zero-order chi connectivity index (χ0) is 26.7. The average molecular weight is 544 g/mol. The molecule has 0 aliphatic rings. The number of aromatic nitrogens is 1. The van der Waals surface area contributed by atoms with E-state index in [1.165, 1.54) is 63.0 Å². The minimum Gasteiger partial charge on any atom is -0.480 e. The van der Waals surface area contributed by atoms with Crippen LogP contribution in [0.15, 0.2) is 53.4 Å². The van der Waals surface area contributed by atoms with Crippen molar-refractivity contribution in [3.05, 3.63) is 65.2 Å². The summed E-state index contributed by atoms with van der Waals surface area (Å²) in [5.41, 5.74) is 3.07. The lowest BCUT2D eigenvalue weighted by Gasteiger charge is -2.28. The molecule has 0 amide bonds. The molecule has 0 radical (unpaired) electrons. The summed E-state index contributed by atoms with van der Waals surface area (Å²) in [6.45, 7) is 2.24. The molecule has 0 bridgehead atoms. The Morgan fingerprint density at radius 1 is 1.03 bits per heavy atom. The fraction of sp³-hybridized carbons (Fsp3) is 0.467. The molecule has 7 heteroatoms. The van der Waals surface area contributed by atoms with Crippen molar-refractivity contribution in [1.82, 2.24) is 4.98 Å². The Balaban J connectivity index is 1.74. The fourth-order valence-corrected chi connectivity index (χ4v) is 6.19. The van der Waals surface area contributed by atoms with Gasteiger partial charge in [-0.3, -0.25) is 0 Å². The SMILES string of the molecule is CCCCCCCCCc1ccccc1C[C@@](O)(CCCl)Sc1ccc2cc(C(=O)O)c(OC)nc2c1. The molecule has 2 N–H and O–H groups in total. The van der Waals surface area contributed by atoms with E-state index in [2.05, 4.69) is 30.1 Å². The van der Waals surface area contributed by atoms with Crippen LogP contribution in [0.5, 0.6) is 5.88 Å². The Morgan fingerprint density at radius 3 is 2.41 bits per heavy atom. The standard InChI is InChI=1S/C30H38ClNO4S/c1-3-4-5-6-7-8-9-12-22-13-10-11-14-24(22)21-30(35,17-18-31)37-25-16-15-23-19-26(29(33)34)28(36-2)32-27(23)20-25/h10-11,13-16,19-20,35H,3-9,12,17-18,21H2,1-2H3,(H,33,34)/t30-/m1/s1. The molecule has 0 aliphatic carbocycles. The Kier molecular flexibility index (Phi) is 11.6. The van der Waals surface area contributed by atoms with Crippen LogP contribution in [0.25, 0.3) is 10.9 Å². The molecule has 0 aliphatic heterocycles. The highest BCUT2D eigenvalue weighted by molar-refractivity contribution is 8.00. The maximum Gasteiger partial charge on any atom is 0.341 e.